The number of carbonyl (C=O) groups excluding carboxylic acids is 1. The molecule has 0 saturated carbocycles. The Hall–Kier alpha value is -2.04. The number of hydrogen-bond acceptors (Lipinski definition) is 3. The highest BCUT2D eigenvalue weighted by molar-refractivity contribution is 5.89. The first-order valence-electron chi connectivity index (χ1n) is 7.77. The number of benzene rings is 1. The minimum Gasteiger partial charge on any atom is -0.465 e. The Balaban J connectivity index is 1.89. The van der Waals surface area contributed by atoms with E-state index < -0.39 is 0 Å². The van der Waals surface area contributed by atoms with E-state index in [1.54, 1.807) is 12.1 Å². The van der Waals surface area contributed by atoms with Gasteiger partial charge in [0, 0.05) is 26.7 Å². The molecule has 0 spiro atoms. The molecule has 5 heteroatoms. The Kier molecular flexibility index (Phi) is 5.81. The van der Waals surface area contributed by atoms with Gasteiger partial charge < -0.3 is 15.0 Å². The van der Waals surface area contributed by atoms with E-state index in [1.165, 1.54) is 20.0 Å². The molecular formula is C17H25N3O2. The van der Waals surface area contributed by atoms with E-state index >= 15 is 0 Å². The highest BCUT2D eigenvalue weighted by Gasteiger charge is 2.18. The number of esters is 1. The summed E-state index contributed by atoms with van der Waals surface area (Å²) >= 11 is 0. The molecule has 1 aliphatic heterocycles. The van der Waals surface area contributed by atoms with Crippen LogP contribution in [0, 0.1) is 5.92 Å². The summed E-state index contributed by atoms with van der Waals surface area (Å²) in [6, 6.07) is 7.44. The van der Waals surface area contributed by atoms with E-state index in [0.29, 0.717) is 12.1 Å². The highest BCUT2D eigenvalue weighted by atomic mass is 16.5. The predicted octanol–water partition coefficient (Wildman–Crippen LogP) is 2.28. The van der Waals surface area contributed by atoms with Crippen LogP contribution in [0.5, 0.6) is 0 Å². The SMILES string of the molecule is CN=C(NCc1ccc(C(=O)OC)cc1)N1CCC(C)CC1. The van der Waals surface area contributed by atoms with Crippen LogP contribution in [0.4, 0.5) is 0 Å². The standard InChI is InChI=1S/C17H25N3O2/c1-13-8-10-20(11-9-13)17(18-2)19-12-14-4-6-15(7-5-14)16(21)22-3/h4-7,13H,8-12H2,1-3H3,(H,18,19). The molecule has 0 aliphatic carbocycles. The molecule has 1 N–H and O–H groups in total. The quantitative estimate of drug-likeness (QED) is 0.529. The summed E-state index contributed by atoms with van der Waals surface area (Å²) in [6.45, 7) is 5.11. The van der Waals surface area contributed by atoms with E-state index in [9.17, 15) is 4.79 Å². The van der Waals surface area contributed by atoms with Crippen molar-refractivity contribution in [2.24, 2.45) is 10.9 Å². The predicted molar refractivity (Wildman–Crippen MR) is 88.0 cm³/mol. The molecule has 1 aliphatic rings. The minimum atomic E-state index is -0.308. The first-order valence-corrected chi connectivity index (χ1v) is 7.77. The van der Waals surface area contributed by atoms with E-state index in [4.69, 9.17) is 4.74 Å². The van der Waals surface area contributed by atoms with Crippen LogP contribution in [0.3, 0.4) is 0 Å². The van der Waals surface area contributed by atoms with Gasteiger partial charge in [-0.2, -0.15) is 0 Å². The molecule has 0 unspecified atom stereocenters. The van der Waals surface area contributed by atoms with Crippen molar-refractivity contribution in [1.82, 2.24) is 10.2 Å². The van der Waals surface area contributed by atoms with Crippen LogP contribution in [0.15, 0.2) is 29.3 Å². The second kappa shape index (κ2) is 7.82. The van der Waals surface area contributed by atoms with Crippen LogP contribution < -0.4 is 5.32 Å². The number of methoxy groups -OCH3 is 1. The molecule has 1 heterocycles. The van der Waals surface area contributed by atoms with Gasteiger partial charge in [0.25, 0.3) is 0 Å². The number of guanidine groups is 1. The zero-order valence-electron chi connectivity index (χ0n) is 13.6. The molecule has 22 heavy (non-hydrogen) atoms. The zero-order chi connectivity index (χ0) is 15.9. The lowest BCUT2D eigenvalue weighted by molar-refractivity contribution is 0.0600. The van der Waals surface area contributed by atoms with Crippen molar-refractivity contribution < 1.29 is 9.53 Å². The third-order valence-electron chi connectivity index (χ3n) is 4.12. The number of hydrogen-bond donors (Lipinski definition) is 1. The van der Waals surface area contributed by atoms with Crippen LogP contribution in [-0.4, -0.2) is 44.1 Å². The Morgan fingerprint density at radius 2 is 1.95 bits per heavy atom. The zero-order valence-corrected chi connectivity index (χ0v) is 13.6. The molecule has 0 radical (unpaired) electrons. The number of nitrogens with one attached hydrogen (secondary N) is 1. The normalized spacial score (nSPS) is 16.5. The summed E-state index contributed by atoms with van der Waals surface area (Å²) in [4.78, 5) is 18.1. The summed E-state index contributed by atoms with van der Waals surface area (Å²) in [5, 5.41) is 3.39. The average molecular weight is 303 g/mol. The number of carbonyl (C=O) groups is 1. The number of piperidine rings is 1. The summed E-state index contributed by atoms with van der Waals surface area (Å²) in [7, 11) is 3.21. The maximum Gasteiger partial charge on any atom is 0.337 e. The van der Waals surface area contributed by atoms with Crippen molar-refractivity contribution in [3.05, 3.63) is 35.4 Å². The van der Waals surface area contributed by atoms with Gasteiger partial charge >= 0.3 is 5.97 Å². The van der Waals surface area contributed by atoms with Gasteiger partial charge in [-0.15, -0.1) is 0 Å². The molecule has 1 aromatic rings. The smallest absolute Gasteiger partial charge is 0.337 e. The fourth-order valence-corrected chi connectivity index (χ4v) is 2.61. The number of rotatable bonds is 3. The van der Waals surface area contributed by atoms with Crippen molar-refractivity contribution in [2.75, 3.05) is 27.2 Å². The molecule has 5 nitrogen and oxygen atoms in total. The highest BCUT2D eigenvalue weighted by Crippen LogP contribution is 2.16. The summed E-state index contributed by atoms with van der Waals surface area (Å²) in [5.74, 6) is 1.45. The van der Waals surface area contributed by atoms with Gasteiger partial charge in [0.1, 0.15) is 0 Å². The second-order valence-corrected chi connectivity index (χ2v) is 5.76. The van der Waals surface area contributed by atoms with E-state index in [1.807, 2.05) is 19.2 Å². The molecular weight excluding hydrogens is 278 g/mol. The van der Waals surface area contributed by atoms with E-state index in [0.717, 1.165) is 30.5 Å². The first kappa shape index (κ1) is 16.3. The molecule has 2 rings (SSSR count). The van der Waals surface area contributed by atoms with Gasteiger partial charge in [0.2, 0.25) is 0 Å². The first-order chi connectivity index (χ1) is 10.6. The molecule has 120 valence electrons. The fourth-order valence-electron chi connectivity index (χ4n) is 2.61. The van der Waals surface area contributed by atoms with Gasteiger partial charge in [0.05, 0.1) is 12.7 Å². The molecule has 0 bridgehead atoms. The average Bonchev–Trinajstić information content (AvgIpc) is 2.56. The molecule has 1 aromatic carbocycles. The monoisotopic (exact) mass is 303 g/mol. The van der Waals surface area contributed by atoms with Gasteiger partial charge in [-0.05, 0) is 36.5 Å². The van der Waals surface area contributed by atoms with Gasteiger partial charge in [0.15, 0.2) is 5.96 Å². The van der Waals surface area contributed by atoms with Crippen LogP contribution in [-0.2, 0) is 11.3 Å². The van der Waals surface area contributed by atoms with Crippen LogP contribution >= 0.6 is 0 Å². The van der Waals surface area contributed by atoms with Crippen molar-refractivity contribution >= 4 is 11.9 Å². The van der Waals surface area contributed by atoms with Crippen LogP contribution in [0.2, 0.25) is 0 Å². The molecule has 1 fully saturated rings. The summed E-state index contributed by atoms with van der Waals surface area (Å²) in [6.07, 6.45) is 2.43. The molecule has 0 aromatic heterocycles. The largest absolute Gasteiger partial charge is 0.465 e. The molecule has 0 atom stereocenters. The number of ether oxygens (including phenoxy) is 1. The molecule has 0 amide bonds. The van der Waals surface area contributed by atoms with Crippen molar-refractivity contribution in [2.45, 2.75) is 26.3 Å². The summed E-state index contributed by atoms with van der Waals surface area (Å²) < 4.78 is 4.70. The lowest BCUT2D eigenvalue weighted by Gasteiger charge is -2.32. The minimum absolute atomic E-state index is 0.308. The number of nitrogens with zero attached hydrogens (tertiary/aromatic N) is 2. The summed E-state index contributed by atoms with van der Waals surface area (Å²) in [5.41, 5.74) is 1.68. The van der Waals surface area contributed by atoms with E-state index in [2.05, 4.69) is 22.1 Å². The van der Waals surface area contributed by atoms with Crippen LogP contribution in [0.1, 0.15) is 35.7 Å². The second-order valence-electron chi connectivity index (χ2n) is 5.76. The van der Waals surface area contributed by atoms with Crippen molar-refractivity contribution in [3.63, 3.8) is 0 Å². The van der Waals surface area contributed by atoms with Gasteiger partial charge in [-0.1, -0.05) is 19.1 Å². The number of aliphatic imine (C=N–C) groups is 1. The Labute approximate surface area is 132 Å². The number of likely N-dealkylation sites (tertiary alicyclic amines) is 1. The lowest BCUT2D eigenvalue weighted by Crippen LogP contribution is -2.45. The van der Waals surface area contributed by atoms with E-state index in [-0.39, 0.29) is 5.97 Å². The Morgan fingerprint density at radius 3 is 2.50 bits per heavy atom. The topological polar surface area (TPSA) is 53.9 Å². The third-order valence-corrected chi connectivity index (χ3v) is 4.12. The maximum atomic E-state index is 11.4. The fraction of sp³-hybridized carbons (Fsp3) is 0.529. The third kappa shape index (κ3) is 4.23. The molecule has 1 saturated heterocycles. The van der Waals surface area contributed by atoms with Crippen LogP contribution in [0.25, 0.3) is 0 Å². The Bertz CT molecular complexity index is 517. The van der Waals surface area contributed by atoms with Crippen molar-refractivity contribution in [1.29, 1.82) is 0 Å². The van der Waals surface area contributed by atoms with Gasteiger partial charge in [-0.3, -0.25) is 4.99 Å². The van der Waals surface area contributed by atoms with Gasteiger partial charge in [-0.25, -0.2) is 4.79 Å². The maximum absolute atomic E-state index is 11.4. The Morgan fingerprint density at radius 1 is 1.32 bits per heavy atom. The lowest BCUT2D eigenvalue weighted by atomic mass is 9.99. The van der Waals surface area contributed by atoms with Crippen molar-refractivity contribution in [3.8, 4) is 0 Å².